The molecule has 0 aliphatic carbocycles. The summed E-state index contributed by atoms with van der Waals surface area (Å²) in [5.41, 5.74) is 7.68. The Morgan fingerprint density at radius 3 is 2.55 bits per heavy atom. The Morgan fingerprint density at radius 2 is 1.90 bits per heavy atom. The van der Waals surface area contributed by atoms with Gasteiger partial charge in [-0.25, -0.2) is 0 Å². The summed E-state index contributed by atoms with van der Waals surface area (Å²) >= 11 is 17.3. The van der Waals surface area contributed by atoms with E-state index in [1.165, 1.54) is 0 Å². The van der Waals surface area contributed by atoms with Crippen LogP contribution in [0.3, 0.4) is 0 Å². The molecular formula is C14H12Cl2N2OS. The van der Waals surface area contributed by atoms with Gasteiger partial charge in [-0.15, -0.1) is 0 Å². The molecule has 0 atom stereocenters. The lowest BCUT2D eigenvalue weighted by molar-refractivity contribution is 0.415. The first kappa shape index (κ1) is 14.9. The SMILES string of the molecule is COc1ccc(Cl)c(Nc2cccc(Cl)c2C(N)=S)c1. The minimum atomic E-state index is 0.220. The Balaban J connectivity index is 2.45. The quantitative estimate of drug-likeness (QED) is 0.818. The molecule has 0 aliphatic heterocycles. The van der Waals surface area contributed by atoms with Gasteiger partial charge >= 0.3 is 0 Å². The van der Waals surface area contributed by atoms with Gasteiger partial charge in [0.15, 0.2) is 0 Å². The molecule has 0 heterocycles. The van der Waals surface area contributed by atoms with E-state index in [9.17, 15) is 0 Å². The van der Waals surface area contributed by atoms with Crippen molar-refractivity contribution in [1.82, 2.24) is 0 Å². The molecule has 3 N–H and O–H groups in total. The predicted molar refractivity (Wildman–Crippen MR) is 88.6 cm³/mol. The highest BCUT2D eigenvalue weighted by atomic mass is 35.5. The van der Waals surface area contributed by atoms with Gasteiger partial charge in [0, 0.05) is 6.07 Å². The van der Waals surface area contributed by atoms with Gasteiger partial charge in [-0.2, -0.15) is 0 Å². The number of methoxy groups -OCH3 is 1. The number of rotatable bonds is 4. The molecule has 0 saturated carbocycles. The summed E-state index contributed by atoms with van der Waals surface area (Å²) in [5.74, 6) is 0.691. The first-order valence-corrected chi connectivity index (χ1v) is 6.88. The van der Waals surface area contributed by atoms with Crippen LogP contribution in [0.25, 0.3) is 0 Å². The maximum atomic E-state index is 6.16. The summed E-state index contributed by atoms with van der Waals surface area (Å²) in [6.07, 6.45) is 0. The monoisotopic (exact) mass is 326 g/mol. The molecule has 104 valence electrons. The number of benzene rings is 2. The molecule has 0 saturated heterocycles. The van der Waals surface area contributed by atoms with Crippen molar-refractivity contribution in [2.24, 2.45) is 5.73 Å². The number of halogens is 2. The first-order chi connectivity index (χ1) is 9.52. The van der Waals surface area contributed by atoms with Gasteiger partial charge in [-0.05, 0) is 24.3 Å². The normalized spacial score (nSPS) is 10.2. The average Bonchev–Trinajstić information content (AvgIpc) is 2.41. The van der Waals surface area contributed by atoms with Crippen molar-refractivity contribution in [3.05, 3.63) is 52.0 Å². The lowest BCUT2D eigenvalue weighted by Gasteiger charge is -2.14. The molecule has 0 unspecified atom stereocenters. The average molecular weight is 327 g/mol. The van der Waals surface area contributed by atoms with Gasteiger partial charge in [-0.3, -0.25) is 0 Å². The molecule has 0 bridgehead atoms. The topological polar surface area (TPSA) is 47.3 Å². The predicted octanol–water partition coefficient (Wildman–Crippen LogP) is 4.38. The van der Waals surface area contributed by atoms with Gasteiger partial charge in [0.05, 0.1) is 34.1 Å². The molecule has 0 fully saturated rings. The highest BCUT2D eigenvalue weighted by molar-refractivity contribution is 7.80. The Hall–Kier alpha value is -1.49. The first-order valence-electron chi connectivity index (χ1n) is 5.72. The highest BCUT2D eigenvalue weighted by Gasteiger charge is 2.11. The van der Waals surface area contributed by atoms with Crippen molar-refractivity contribution in [1.29, 1.82) is 0 Å². The maximum absolute atomic E-state index is 6.16. The summed E-state index contributed by atoms with van der Waals surface area (Å²) < 4.78 is 5.17. The molecule has 0 radical (unpaired) electrons. The van der Waals surface area contributed by atoms with E-state index in [1.807, 2.05) is 6.07 Å². The molecule has 0 aromatic heterocycles. The molecule has 3 nitrogen and oxygen atoms in total. The van der Waals surface area contributed by atoms with Crippen LogP contribution in [0.15, 0.2) is 36.4 Å². The minimum Gasteiger partial charge on any atom is -0.497 e. The number of anilines is 2. The summed E-state index contributed by atoms with van der Waals surface area (Å²) in [4.78, 5) is 0.220. The van der Waals surface area contributed by atoms with E-state index in [0.29, 0.717) is 32.7 Å². The van der Waals surface area contributed by atoms with E-state index in [0.717, 1.165) is 0 Å². The summed E-state index contributed by atoms with van der Waals surface area (Å²) in [7, 11) is 1.59. The zero-order valence-corrected chi connectivity index (χ0v) is 12.9. The number of nitrogens with one attached hydrogen (secondary N) is 1. The molecule has 2 aromatic rings. The number of hydrogen-bond acceptors (Lipinski definition) is 3. The number of nitrogens with two attached hydrogens (primary N) is 1. The van der Waals surface area contributed by atoms with E-state index in [-0.39, 0.29) is 4.99 Å². The smallest absolute Gasteiger partial charge is 0.121 e. The Morgan fingerprint density at radius 1 is 1.15 bits per heavy atom. The second-order valence-corrected chi connectivity index (χ2v) is 5.25. The van der Waals surface area contributed by atoms with Crippen LogP contribution >= 0.6 is 35.4 Å². The van der Waals surface area contributed by atoms with Crippen molar-refractivity contribution >= 4 is 51.8 Å². The van der Waals surface area contributed by atoms with Crippen LogP contribution in [-0.2, 0) is 0 Å². The lowest BCUT2D eigenvalue weighted by Crippen LogP contribution is -2.12. The van der Waals surface area contributed by atoms with Crippen LogP contribution < -0.4 is 15.8 Å². The van der Waals surface area contributed by atoms with Crippen molar-refractivity contribution < 1.29 is 4.74 Å². The maximum Gasteiger partial charge on any atom is 0.121 e. The second-order valence-electron chi connectivity index (χ2n) is 4.00. The molecule has 2 aromatic carbocycles. The van der Waals surface area contributed by atoms with Crippen molar-refractivity contribution in [3.63, 3.8) is 0 Å². The van der Waals surface area contributed by atoms with Gasteiger partial charge < -0.3 is 15.8 Å². The van der Waals surface area contributed by atoms with E-state index >= 15 is 0 Å². The van der Waals surface area contributed by atoms with Crippen LogP contribution in [0.1, 0.15) is 5.56 Å². The molecule has 0 aliphatic rings. The Bertz CT molecular complexity index is 662. The van der Waals surface area contributed by atoms with Gasteiger partial charge in [-0.1, -0.05) is 41.5 Å². The Kier molecular flexibility index (Phi) is 4.70. The highest BCUT2D eigenvalue weighted by Crippen LogP contribution is 2.32. The zero-order valence-electron chi connectivity index (χ0n) is 10.6. The van der Waals surface area contributed by atoms with Crippen molar-refractivity contribution in [3.8, 4) is 5.75 Å². The van der Waals surface area contributed by atoms with Crippen LogP contribution in [0.5, 0.6) is 5.75 Å². The van der Waals surface area contributed by atoms with E-state index in [2.05, 4.69) is 5.32 Å². The van der Waals surface area contributed by atoms with Gasteiger partial charge in [0.25, 0.3) is 0 Å². The molecule has 0 amide bonds. The van der Waals surface area contributed by atoms with Crippen LogP contribution in [0.4, 0.5) is 11.4 Å². The van der Waals surface area contributed by atoms with E-state index < -0.39 is 0 Å². The minimum absolute atomic E-state index is 0.220. The third-order valence-electron chi connectivity index (χ3n) is 2.70. The number of thiocarbonyl (C=S) groups is 1. The fraction of sp³-hybridized carbons (Fsp3) is 0.0714. The van der Waals surface area contributed by atoms with Crippen LogP contribution in [0, 0.1) is 0 Å². The molecule has 20 heavy (non-hydrogen) atoms. The second kappa shape index (κ2) is 6.31. The molecule has 2 rings (SSSR count). The Labute approximate surface area is 132 Å². The van der Waals surface area contributed by atoms with Crippen LogP contribution in [0.2, 0.25) is 10.0 Å². The number of ether oxygens (including phenoxy) is 1. The van der Waals surface area contributed by atoms with Crippen molar-refractivity contribution in [2.45, 2.75) is 0 Å². The fourth-order valence-electron chi connectivity index (χ4n) is 1.75. The van der Waals surface area contributed by atoms with Crippen molar-refractivity contribution in [2.75, 3.05) is 12.4 Å². The van der Waals surface area contributed by atoms with E-state index in [1.54, 1.807) is 37.4 Å². The van der Waals surface area contributed by atoms with Crippen LogP contribution in [-0.4, -0.2) is 12.1 Å². The molecule has 0 spiro atoms. The molecule has 6 heteroatoms. The summed E-state index contributed by atoms with van der Waals surface area (Å²) in [5, 5.41) is 4.22. The molecular weight excluding hydrogens is 315 g/mol. The van der Waals surface area contributed by atoms with E-state index in [4.69, 9.17) is 45.9 Å². The summed E-state index contributed by atoms with van der Waals surface area (Å²) in [6, 6.07) is 10.7. The standard InChI is InChI=1S/C14H12Cl2N2OS/c1-19-8-5-6-9(15)12(7-8)18-11-4-2-3-10(16)13(11)14(17)20/h2-7,18H,1H3,(H2,17,20). The lowest BCUT2D eigenvalue weighted by atomic mass is 10.1. The third-order valence-corrected chi connectivity index (χ3v) is 3.55. The van der Waals surface area contributed by atoms with Gasteiger partial charge in [0.2, 0.25) is 0 Å². The zero-order chi connectivity index (χ0) is 14.7. The van der Waals surface area contributed by atoms with Gasteiger partial charge in [0.1, 0.15) is 10.7 Å². The fourth-order valence-corrected chi connectivity index (χ4v) is 2.47. The largest absolute Gasteiger partial charge is 0.497 e. The summed E-state index contributed by atoms with van der Waals surface area (Å²) in [6.45, 7) is 0. The number of hydrogen-bond donors (Lipinski definition) is 2. The third kappa shape index (κ3) is 3.15.